The van der Waals surface area contributed by atoms with Crippen LogP contribution in [0.2, 0.25) is 0 Å². The second-order valence-electron chi connectivity index (χ2n) is 5.67. The summed E-state index contributed by atoms with van der Waals surface area (Å²) in [6.07, 6.45) is -0.471. The Morgan fingerprint density at radius 1 is 1.14 bits per heavy atom. The van der Waals surface area contributed by atoms with E-state index >= 15 is 0 Å². The van der Waals surface area contributed by atoms with Crippen molar-refractivity contribution >= 4 is 11.7 Å². The molecule has 2 fully saturated rings. The number of hydrogen-bond acceptors (Lipinski definition) is 4. The minimum absolute atomic E-state index is 0.194. The van der Waals surface area contributed by atoms with Gasteiger partial charge in [0.2, 0.25) is 5.91 Å². The van der Waals surface area contributed by atoms with Crippen LogP contribution in [-0.2, 0) is 11.0 Å². The number of aromatic nitrogens is 2. The normalized spacial score (nSPS) is 20.8. The van der Waals surface area contributed by atoms with E-state index in [9.17, 15) is 18.0 Å². The Balaban J connectivity index is 1.65. The van der Waals surface area contributed by atoms with Crippen LogP contribution >= 0.6 is 0 Å². The summed E-state index contributed by atoms with van der Waals surface area (Å²) in [6.45, 7) is 2.00. The van der Waals surface area contributed by atoms with Gasteiger partial charge in [0.1, 0.15) is 17.8 Å². The maximum Gasteiger partial charge on any atom is 0.433 e. The number of carbonyl (C=O) groups excluding carboxylic acids is 1. The van der Waals surface area contributed by atoms with Crippen LogP contribution in [0.3, 0.4) is 0 Å². The lowest BCUT2D eigenvalue weighted by atomic mass is 10.0. The van der Waals surface area contributed by atoms with E-state index < -0.39 is 11.9 Å². The van der Waals surface area contributed by atoms with Crippen LogP contribution in [0.15, 0.2) is 12.4 Å². The number of rotatable bonds is 2. The van der Waals surface area contributed by atoms with E-state index in [4.69, 9.17) is 0 Å². The predicted octanol–water partition coefficient (Wildman–Crippen LogP) is 2.09. The highest BCUT2D eigenvalue weighted by Gasteiger charge is 2.34. The maximum atomic E-state index is 12.7. The molecule has 1 aromatic heterocycles. The van der Waals surface area contributed by atoms with Crippen LogP contribution in [0, 0.1) is 0 Å². The largest absolute Gasteiger partial charge is 0.433 e. The minimum atomic E-state index is -4.46. The Labute approximate surface area is 126 Å². The van der Waals surface area contributed by atoms with Gasteiger partial charge in [-0.2, -0.15) is 13.2 Å². The Hall–Kier alpha value is -1.86. The summed E-state index contributed by atoms with van der Waals surface area (Å²) in [5, 5.41) is 0. The zero-order valence-electron chi connectivity index (χ0n) is 12.0. The molecule has 22 heavy (non-hydrogen) atoms. The summed E-state index contributed by atoms with van der Waals surface area (Å²) in [5.74, 6) is 0.494. The van der Waals surface area contributed by atoms with Crippen LogP contribution in [0.1, 0.15) is 31.4 Å². The van der Waals surface area contributed by atoms with E-state index in [2.05, 4.69) is 9.97 Å². The highest BCUT2D eigenvalue weighted by molar-refractivity contribution is 5.78. The van der Waals surface area contributed by atoms with Gasteiger partial charge in [-0.05, 0) is 19.3 Å². The van der Waals surface area contributed by atoms with E-state index in [0.29, 0.717) is 25.3 Å². The van der Waals surface area contributed by atoms with E-state index in [1.165, 1.54) is 0 Å². The summed E-state index contributed by atoms with van der Waals surface area (Å²) in [6, 6.07) is 1.19. The summed E-state index contributed by atoms with van der Waals surface area (Å²) >= 11 is 0. The SMILES string of the molecule is O=C1CCCN1C1CCN(c2cc(C(F)(F)F)ncn2)CC1. The van der Waals surface area contributed by atoms with Gasteiger partial charge in [0.05, 0.1) is 0 Å². The third kappa shape index (κ3) is 3.00. The molecular weight excluding hydrogens is 297 g/mol. The van der Waals surface area contributed by atoms with Gasteiger partial charge in [-0.1, -0.05) is 0 Å². The lowest BCUT2D eigenvalue weighted by molar-refractivity contribution is -0.141. The molecule has 120 valence electrons. The number of amides is 1. The fourth-order valence-electron chi connectivity index (χ4n) is 3.14. The fourth-order valence-corrected chi connectivity index (χ4v) is 3.14. The first kappa shape index (κ1) is 15.1. The third-order valence-corrected chi connectivity index (χ3v) is 4.28. The van der Waals surface area contributed by atoms with E-state index in [1.54, 1.807) is 0 Å². The molecule has 0 radical (unpaired) electrons. The molecule has 3 rings (SSSR count). The molecule has 1 aromatic rings. The van der Waals surface area contributed by atoms with E-state index in [-0.39, 0.29) is 11.9 Å². The highest BCUT2D eigenvalue weighted by Crippen LogP contribution is 2.30. The maximum absolute atomic E-state index is 12.7. The lowest BCUT2D eigenvalue weighted by Crippen LogP contribution is -2.45. The number of hydrogen-bond donors (Lipinski definition) is 0. The Kier molecular flexibility index (Phi) is 3.92. The first-order valence-corrected chi connectivity index (χ1v) is 7.39. The molecule has 0 atom stereocenters. The van der Waals surface area contributed by atoms with Crippen molar-refractivity contribution in [1.82, 2.24) is 14.9 Å². The number of piperidine rings is 1. The molecule has 3 heterocycles. The van der Waals surface area contributed by atoms with Crippen LogP contribution in [0.25, 0.3) is 0 Å². The van der Waals surface area contributed by atoms with Gasteiger partial charge in [0, 0.05) is 38.2 Å². The Bertz CT molecular complexity index is 555. The third-order valence-electron chi connectivity index (χ3n) is 4.28. The summed E-state index contributed by atoms with van der Waals surface area (Å²) < 4.78 is 38.1. The molecule has 0 spiro atoms. The van der Waals surface area contributed by atoms with Crippen molar-refractivity contribution in [3.63, 3.8) is 0 Å². The smallest absolute Gasteiger partial charge is 0.356 e. The Morgan fingerprint density at radius 3 is 2.45 bits per heavy atom. The van der Waals surface area contributed by atoms with Crippen molar-refractivity contribution in [2.75, 3.05) is 24.5 Å². The molecule has 2 aliphatic rings. The monoisotopic (exact) mass is 314 g/mol. The lowest BCUT2D eigenvalue weighted by Gasteiger charge is -2.37. The van der Waals surface area contributed by atoms with Crippen molar-refractivity contribution in [1.29, 1.82) is 0 Å². The van der Waals surface area contributed by atoms with Gasteiger partial charge >= 0.3 is 6.18 Å². The van der Waals surface area contributed by atoms with Crippen LogP contribution < -0.4 is 4.90 Å². The van der Waals surface area contributed by atoms with Crippen molar-refractivity contribution in [3.05, 3.63) is 18.1 Å². The number of likely N-dealkylation sites (tertiary alicyclic amines) is 1. The summed E-state index contributed by atoms with van der Waals surface area (Å²) in [7, 11) is 0. The number of anilines is 1. The van der Waals surface area contributed by atoms with Gasteiger partial charge in [0.15, 0.2) is 0 Å². The van der Waals surface area contributed by atoms with Gasteiger partial charge < -0.3 is 9.80 Å². The van der Waals surface area contributed by atoms with Crippen molar-refractivity contribution in [2.24, 2.45) is 0 Å². The number of halogens is 3. The Morgan fingerprint density at radius 2 is 1.86 bits per heavy atom. The number of alkyl halides is 3. The van der Waals surface area contributed by atoms with E-state index in [1.807, 2.05) is 9.80 Å². The molecule has 0 N–H and O–H groups in total. The van der Waals surface area contributed by atoms with Gasteiger partial charge in [-0.25, -0.2) is 9.97 Å². The second-order valence-corrected chi connectivity index (χ2v) is 5.67. The van der Waals surface area contributed by atoms with Crippen molar-refractivity contribution in [2.45, 2.75) is 37.9 Å². The molecule has 0 aromatic carbocycles. The topological polar surface area (TPSA) is 49.3 Å². The average Bonchev–Trinajstić information content (AvgIpc) is 2.93. The average molecular weight is 314 g/mol. The first-order valence-electron chi connectivity index (χ1n) is 7.39. The number of carbonyl (C=O) groups is 1. The molecule has 5 nitrogen and oxygen atoms in total. The van der Waals surface area contributed by atoms with Crippen LogP contribution in [0.5, 0.6) is 0 Å². The molecule has 2 saturated heterocycles. The summed E-state index contributed by atoms with van der Waals surface area (Å²) in [5.41, 5.74) is -0.922. The van der Waals surface area contributed by atoms with Gasteiger partial charge in [0.25, 0.3) is 0 Å². The molecular formula is C14H17F3N4O. The summed E-state index contributed by atoms with van der Waals surface area (Å²) in [4.78, 5) is 22.7. The number of nitrogens with zero attached hydrogens (tertiary/aromatic N) is 4. The van der Waals surface area contributed by atoms with Gasteiger partial charge in [-0.15, -0.1) is 0 Å². The van der Waals surface area contributed by atoms with Crippen LogP contribution in [0.4, 0.5) is 19.0 Å². The van der Waals surface area contributed by atoms with Crippen molar-refractivity contribution in [3.8, 4) is 0 Å². The van der Waals surface area contributed by atoms with Crippen LogP contribution in [-0.4, -0.2) is 46.5 Å². The van der Waals surface area contributed by atoms with Gasteiger partial charge in [-0.3, -0.25) is 4.79 Å². The van der Waals surface area contributed by atoms with E-state index in [0.717, 1.165) is 38.2 Å². The molecule has 0 unspecified atom stereocenters. The molecule has 0 saturated carbocycles. The molecule has 0 aliphatic carbocycles. The zero-order valence-corrected chi connectivity index (χ0v) is 12.0. The zero-order chi connectivity index (χ0) is 15.7. The second kappa shape index (κ2) is 5.73. The molecule has 1 amide bonds. The standard InChI is InChI=1S/C14H17F3N4O/c15-14(16,17)11-8-12(19-9-18-11)20-6-3-10(4-7-20)21-5-1-2-13(21)22/h8-10H,1-7H2. The minimum Gasteiger partial charge on any atom is -0.356 e. The first-order chi connectivity index (χ1) is 10.4. The highest BCUT2D eigenvalue weighted by atomic mass is 19.4. The van der Waals surface area contributed by atoms with Crippen molar-refractivity contribution < 1.29 is 18.0 Å². The fraction of sp³-hybridized carbons (Fsp3) is 0.643. The molecule has 0 bridgehead atoms. The quantitative estimate of drug-likeness (QED) is 0.839. The molecule has 8 heteroatoms. The predicted molar refractivity (Wildman–Crippen MR) is 73.2 cm³/mol. The molecule has 2 aliphatic heterocycles.